The van der Waals surface area contributed by atoms with E-state index in [4.69, 9.17) is 9.11 Å². The summed E-state index contributed by atoms with van der Waals surface area (Å²) in [5, 5.41) is 16.3. The van der Waals surface area contributed by atoms with Crippen LogP contribution in [-0.2, 0) is 20.2 Å². The molecule has 0 fully saturated rings. The molecule has 5 rings (SSSR count). The number of rotatable bonds is 6. The fourth-order valence-corrected chi connectivity index (χ4v) is 4.24. The third kappa shape index (κ3) is 4.76. The molecule has 36 heavy (non-hydrogen) atoms. The minimum Gasteiger partial charge on any atom is -0.282 e. The Morgan fingerprint density at radius 2 is 0.944 bits per heavy atom. The van der Waals surface area contributed by atoms with Crippen molar-refractivity contribution in [1.82, 2.24) is 35.0 Å². The standard InChI is InChI=1S/C21H15N7O6S2/c29-35(30,31)16-8-4-14(5-9-16)27-12-20(23-25-27)18-2-1-3-19(22-18)21-13-28(26-24-21)15-6-10-17(11-7-15)36(32,33)34/h1-13H,(H,29,30,31)(H,32,33,34). The summed E-state index contributed by atoms with van der Waals surface area (Å²) in [4.78, 5) is 4.10. The molecule has 0 unspecified atom stereocenters. The van der Waals surface area contributed by atoms with Gasteiger partial charge in [0.25, 0.3) is 20.2 Å². The van der Waals surface area contributed by atoms with Crippen molar-refractivity contribution in [3.05, 3.63) is 79.1 Å². The first-order valence-corrected chi connectivity index (χ1v) is 12.9. The van der Waals surface area contributed by atoms with E-state index in [9.17, 15) is 16.8 Å². The van der Waals surface area contributed by atoms with Gasteiger partial charge in [-0.1, -0.05) is 16.5 Å². The monoisotopic (exact) mass is 525 g/mol. The highest BCUT2D eigenvalue weighted by Crippen LogP contribution is 2.22. The van der Waals surface area contributed by atoms with E-state index in [2.05, 4.69) is 25.6 Å². The van der Waals surface area contributed by atoms with Crippen LogP contribution in [0.4, 0.5) is 0 Å². The fourth-order valence-electron chi connectivity index (χ4n) is 3.28. The molecule has 0 bridgehead atoms. The first-order valence-electron chi connectivity index (χ1n) is 10.1. The van der Waals surface area contributed by atoms with Gasteiger partial charge < -0.3 is 0 Å². The Kier molecular flexibility index (Phi) is 5.68. The first-order chi connectivity index (χ1) is 17.1. The van der Waals surface area contributed by atoms with Crippen LogP contribution in [0, 0.1) is 0 Å². The summed E-state index contributed by atoms with van der Waals surface area (Å²) < 4.78 is 66.0. The summed E-state index contributed by atoms with van der Waals surface area (Å²) in [6.07, 6.45) is 3.23. The van der Waals surface area contributed by atoms with Gasteiger partial charge in [0, 0.05) is 0 Å². The zero-order valence-corrected chi connectivity index (χ0v) is 19.6. The molecule has 15 heteroatoms. The number of hydrogen-bond donors (Lipinski definition) is 2. The van der Waals surface area contributed by atoms with E-state index >= 15 is 0 Å². The summed E-state index contributed by atoms with van der Waals surface area (Å²) in [7, 11) is -8.59. The molecular formula is C21H15N7O6S2. The molecule has 3 aromatic heterocycles. The summed E-state index contributed by atoms with van der Waals surface area (Å²) >= 11 is 0. The van der Waals surface area contributed by atoms with Gasteiger partial charge in [-0.15, -0.1) is 10.2 Å². The highest BCUT2D eigenvalue weighted by atomic mass is 32.2. The average molecular weight is 526 g/mol. The Hall–Kier alpha value is -4.31. The summed E-state index contributed by atoms with van der Waals surface area (Å²) in [5.41, 5.74) is 2.95. The Labute approximate surface area is 204 Å². The maximum atomic E-state index is 11.2. The number of hydrogen-bond acceptors (Lipinski definition) is 9. The Morgan fingerprint density at radius 3 is 1.31 bits per heavy atom. The molecule has 0 atom stereocenters. The van der Waals surface area contributed by atoms with Gasteiger partial charge in [0.2, 0.25) is 0 Å². The highest BCUT2D eigenvalue weighted by Gasteiger charge is 2.14. The molecule has 3 heterocycles. The van der Waals surface area contributed by atoms with Crippen LogP contribution in [0.25, 0.3) is 34.2 Å². The smallest absolute Gasteiger partial charge is 0.282 e. The topological polar surface area (TPSA) is 183 Å². The summed E-state index contributed by atoms with van der Waals surface area (Å²) in [5.74, 6) is 0. The molecule has 0 aliphatic heterocycles. The van der Waals surface area contributed by atoms with Crippen LogP contribution in [0.2, 0.25) is 0 Å². The molecule has 0 spiro atoms. The van der Waals surface area contributed by atoms with Gasteiger partial charge in [0.1, 0.15) is 11.4 Å². The number of nitrogens with zero attached hydrogens (tertiary/aromatic N) is 7. The molecule has 2 N–H and O–H groups in total. The van der Waals surface area contributed by atoms with E-state index in [1.54, 1.807) is 30.6 Å². The molecular weight excluding hydrogens is 510 g/mol. The predicted octanol–water partition coefficient (Wildman–Crippen LogP) is 2.07. The van der Waals surface area contributed by atoms with Crippen molar-refractivity contribution in [2.24, 2.45) is 0 Å². The number of benzene rings is 2. The zero-order chi connectivity index (χ0) is 25.5. The van der Waals surface area contributed by atoms with Gasteiger partial charge in [-0.2, -0.15) is 16.8 Å². The number of aromatic nitrogens is 7. The molecule has 182 valence electrons. The molecule has 0 amide bonds. The fraction of sp³-hybridized carbons (Fsp3) is 0. The van der Waals surface area contributed by atoms with Crippen molar-refractivity contribution in [1.29, 1.82) is 0 Å². The molecule has 2 aromatic carbocycles. The second-order valence-corrected chi connectivity index (χ2v) is 10.3. The lowest BCUT2D eigenvalue weighted by Gasteiger charge is -2.02. The Balaban J connectivity index is 1.39. The predicted molar refractivity (Wildman–Crippen MR) is 125 cm³/mol. The second-order valence-electron chi connectivity index (χ2n) is 7.44. The van der Waals surface area contributed by atoms with Crippen LogP contribution in [0.3, 0.4) is 0 Å². The lowest BCUT2D eigenvalue weighted by atomic mass is 10.2. The largest absolute Gasteiger partial charge is 0.294 e. The summed E-state index contributed by atoms with van der Waals surface area (Å²) in [6.45, 7) is 0. The lowest BCUT2D eigenvalue weighted by molar-refractivity contribution is 0.481. The van der Waals surface area contributed by atoms with E-state index in [0.29, 0.717) is 34.2 Å². The molecule has 5 aromatic rings. The van der Waals surface area contributed by atoms with E-state index in [1.165, 1.54) is 57.9 Å². The quantitative estimate of drug-likeness (QED) is 0.309. The van der Waals surface area contributed by atoms with E-state index in [1.807, 2.05) is 0 Å². The van der Waals surface area contributed by atoms with Gasteiger partial charge in [-0.25, -0.2) is 14.3 Å². The average Bonchev–Trinajstić information content (AvgIpc) is 3.54. The van der Waals surface area contributed by atoms with Crippen LogP contribution >= 0.6 is 0 Å². The summed E-state index contributed by atoms with van der Waals surface area (Å²) in [6, 6.07) is 16.2. The van der Waals surface area contributed by atoms with Crippen molar-refractivity contribution in [2.75, 3.05) is 0 Å². The van der Waals surface area contributed by atoms with Crippen molar-refractivity contribution in [3.8, 4) is 34.2 Å². The maximum absolute atomic E-state index is 11.2. The minimum atomic E-state index is -4.30. The Morgan fingerprint density at radius 1 is 0.556 bits per heavy atom. The van der Waals surface area contributed by atoms with Gasteiger partial charge in [0.15, 0.2) is 0 Å². The van der Waals surface area contributed by atoms with Crippen molar-refractivity contribution in [3.63, 3.8) is 0 Å². The molecule has 0 saturated heterocycles. The lowest BCUT2D eigenvalue weighted by Crippen LogP contribution is -1.99. The van der Waals surface area contributed by atoms with E-state index in [0.717, 1.165) is 0 Å². The van der Waals surface area contributed by atoms with Gasteiger partial charge in [-0.05, 0) is 60.7 Å². The molecule has 0 aliphatic carbocycles. The van der Waals surface area contributed by atoms with Crippen molar-refractivity contribution < 1.29 is 25.9 Å². The first kappa shape index (κ1) is 23.4. The van der Waals surface area contributed by atoms with Crippen molar-refractivity contribution in [2.45, 2.75) is 9.79 Å². The normalized spacial score (nSPS) is 12.1. The van der Waals surface area contributed by atoms with Crippen LogP contribution in [0.15, 0.2) is 88.9 Å². The third-order valence-electron chi connectivity index (χ3n) is 5.06. The maximum Gasteiger partial charge on any atom is 0.294 e. The SMILES string of the molecule is O=S(=O)(O)c1ccc(-n2cc(-c3cccc(-c4cn(-c5ccc(S(=O)(=O)O)cc5)nn4)n3)nn2)cc1. The highest BCUT2D eigenvalue weighted by molar-refractivity contribution is 7.86. The van der Waals surface area contributed by atoms with Gasteiger partial charge in [0.05, 0.1) is 44.9 Å². The van der Waals surface area contributed by atoms with E-state index < -0.39 is 20.2 Å². The molecule has 13 nitrogen and oxygen atoms in total. The third-order valence-corrected chi connectivity index (χ3v) is 6.79. The van der Waals surface area contributed by atoms with Crippen LogP contribution in [0.1, 0.15) is 0 Å². The van der Waals surface area contributed by atoms with Crippen LogP contribution < -0.4 is 0 Å². The van der Waals surface area contributed by atoms with Crippen molar-refractivity contribution >= 4 is 20.2 Å². The minimum absolute atomic E-state index is 0.233. The van der Waals surface area contributed by atoms with Crippen LogP contribution in [-0.4, -0.2) is 60.9 Å². The van der Waals surface area contributed by atoms with Gasteiger partial charge in [-0.3, -0.25) is 9.11 Å². The number of pyridine rings is 1. The van der Waals surface area contributed by atoms with E-state index in [-0.39, 0.29) is 9.79 Å². The van der Waals surface area contributed by atoms with Gasteiger partial charge >= 0.3 is 0 Å². The second kappa shape index (κ2) is 8.72. The Bertz CT molecular complexity index is 1650. The molecule has 0 saturated carbocycles. The van der Waals surface area contributed by atoms with Crippen LogP contribution in [0.5, 0.6) is 0 Å². The zero-order valence-electron chi connectivity index (χ0n) is 18.0. The molecule has 0 radical (unpaired) electrons. The molecule has 0 aliphatic rings.